The maximum atomic E-state index is 11.5. The molecule has 90 valence electrons. The summed E-state index contributed by atoms with van der Waals surface area (Å²) < 4.78 is 33.2. The van der Waals surface area contributed by atoms with Crippen LogP contribution in [0.4, 0.5) is 0 Å². The molecule has 0 aliphatic heterocycles. The zero-order valence-electron chi connectivity index (χ0n) is 8.32. The normalized spacial score (nSPS) is 24.1. The molecule has 2 rings (SSSR count). The number of aliphatic hydroxyl groups excluding tert-OH is 1. The van der Waals surface area contributed by atoms with E-state index in [1.54, 1.807) is 0 Å². The molecule has 1 unspecified atom stereocenters. The second-order valence-corrected chi connectivity index (χ2v) is 5.09. The first-order chi connectivity index (χ1) is 7.77. The summed E-state index contributed by atoms with van der Waals surface area (Å²) in [5.74, 6) is -1.81. The molecule has 1 atom stereocenters. The van der Waals surface area contributed by atoms with Gasteiger partial charge in [0.1, 0.15) is 10.1 Å². The molecule has 0 heterocycles. The minimum atomic E-state index is -5.18. The van der Waals surface area contributed by atoms with Crippen molar-refractivity contribution >= 4 is 15.9 Å². The van der Waals surface area contributed by atoms with Crippen LogP contribution < -0.4 is 0 Å². The molecule has 0 aromatic heterocycles. The highest BCUT2D eigenvalue weighted by Gasteiger charge is 2.42. The Morgan fingerprint density at radius 3 is 2.41 bits per heavy atom. The predicted molar refractivity (Wildman–Crippen MR) is 55.1 cm³/mol. The van der Waals surface area contributed by atoms with Crippen molar-refractivity contribution in [1.29, 1.82) is 0 Å². The topological polar surface area (TPSA) is 115 Å². The van der Waals surface area contributed by atoms with Crippen molar-refractivity contribution in [2.45, 2.75) is 4.93 Å². The van der Waals surface area contributed by atoms with E-state index in [4.69, 9.17) is 0 Å². The van der Waals surface area contributed by atoms with E-state index in [2.05, 4.69) is 0 Å². The number of benzene rings is 1. The van der Waals surface area contributed by atoms with Gasteiger partial charge in [0.05, 0.1) is 0 Å². The van der Waals surface area contributed by atoms with Crippen molar-refractivity contribution in [1.82, 2.24) is 0 Å². The summed E-state index contributed by atoms with van der Waals surface area (Å²) in [7, 11) is -5.18. The molecule has 1 aromatic rings. The number of Topliss-reactive ketones (excluding diaryl/α,β-unsaturated/α-hetero) is 1. The minimum absolute atomic E-state index is 0.213. The van der Waals surface area contributed by atoms with Crippen molar-refractivity contribution < 1.29 is 28.0 Å². The number of aliphatic hydroxyl groups is 2. The molecule has 0 saturated heterocycles. The average Bonchev–Trinajstić information content (AvgIpc) is 2.25. The first-order valence-corrected chi connectivity index (χ1v) is 5.92. The number of hydrogen-bond acceptors (Lipinski definition) is 6. The van der Waals surface area contributed by atoms with Gasteiger partial charge in [-0.3, -0.25) is 4.79 Å². The summed E-state index contributed by atoms with van der Waals surface area (Å²) in [5.41, 5.74) is -0.563. The Kier molecular flexibility index (Phi) is 2.35. The van der Waals surface area contributed by atoms with Gasteiger partial charge < -0.3 is 14.8 Å². The lowest BCUT2D eigenvalue weighted by Gasteiger charge is -2.32. The van der Waals surface area contributed by atoms with Crippen LogP contribution in [0.2, 0.25) is 0 Å². The van der Waals surface area contributed by atoms with Gasteiger partial charge in [-0.15, -0.1) is 0 Å². The van der Waals surface area contributed by atoms with Gasteiger partial charge in [-0.25, -0.2) is 8.42 Å². The van der Waals surface area contributed by atoms with Crippen LogP contribution in [0.15, 0.2) is 36.1 Å². The van der Waals surface area contributed by atoms with E-state index in [1.807, 2.05) is 0 Å². The number of allylic oxidation sites excluding steroid dienone is 1. The minimum Gasteiger partial charge on any atom is -0.745 e. The molecular weight excluding hydrogens is 248 g/mol. The Morgan fingerprint density at radius 1 is 1.24 bits per heavy atom. The van der Waals surface area contributed by atoms with E-state index in [1.165, 1.54) is 18.2 Å². The molecule has 0 radical (unpaired) electrons. The number of carbonyl (C=O) groups is 1. The van der Waals surface area contributed by atoms with E-state index in [-0.39, 0.29) is 11.1 Å². The molecule has 1 aromatic carbocycles. The van der Waals surface area contributed by atoms with Crippen LogP contribution in [0.5, 0.6) is 0 Å². The van der Waals surface area contributed by atoms with E-state index in [9.17, 15) is 28.0 Å². The monoisotopic (exact) mass is 255 g/mol. The van der Waals surface area contributed by atoms with Crippen LogP contribution in [-0.2, 0) is 15.1 Å². The lowest BCUT2D eigenvalue weighted by molar-refractivity contribution is 0.0931. The van der Waals surface area contributed by atoms with Crippen LogP contribution in [0.25, 0.3) is 0 Å². The van der Waals surface area contributed by atoms with Crippen LogP contribution in [0, 0.1) is 0 Å². The molecule has 7 heteroatoms. The summed E-state index contributed by atoms with van der Waals surface area (Å²) >= 11 is 0. The highest BCUT2D eigenvalue weighted by molar-refractivity contribution is 7.86. The highest BCUT2D eigenvalue weighted by atomic mass is 32.2. The van der Waals surface area contributed by atoms with Gasteiger partial charge >= 0.3 is 0 Å². The fourth-order valence-corrected chi connectivity index (χ4v) is 2.37. The lowest BCUT2D eigenvalue weighted by Crippen LogP contribution is -2.38. The van der Waals surface area contributed by atoms with Crippen LogP contribution in [0.3, 0.4) is 0 Å². The van der Waals surface area contributed by atoms with Gasteiger partial charge in [0, 0.05) is 17.2 Å². The van der Waals surface area contributed by atoms with Crippen molar-refractivity contribution in [3.05, 3.63) is 47.2 Å². The number of ketones is 1. The standard InChI is InChI=1S/C10H8O6S/c11-8-5-10(13,17(14,15)16)7-4-2-1-3-6(7)9(8)12/h1-5,11,13H,(H,14,15,16)/p-1. The molecule has 2 N–H and O–H groups in total. The predicted octanol–water partition coefficient (Wildman–Crippen LogP) is 0.0151. The van der Waals surface area contributed by atoms with Crippen molar-refractivity contribution in [2.75, 3.05) is 0 Å². The van der Waals surface area contributed by atoms with Crippen molar-refractivity contribution in [3.8, 4) is 0 Å². The number of carbonyl (C=O) groups excluding carboxylic acids is 1. The molecule has 1 aliphatic carbocycles. The summed E-state index contributed by atoms with van der Waals surface area (Å²) in [4.78, 5) is 8.59. The van der Waals surface area contributed by atoms with Crippen molar-refractivity contribution in [2.24, 2.45) is 0 Å². The van der Waals surface area contributed by atoms with Gasteiger partial charge in [-0.2, -0.15) is 0 Å². The van der Waals surface area contributed by atoms with Gasteiger partial charge in [0.15, 0.2) is 5.76 Å². The molecule has 0 bridgehead atoms. The Bertz CT molecular complexity index is 630. The molecule has 6 nitrogen and oxygen atoms in total. The van der Waals surface area contributed by atoms with E-state index in [0.717, 1.165) is 6.07 Å². The number of hydrogen-bond donors (Lipinski definition) is 2. The Hall–Kier alpha value is -1.70. The second kappa shape index (κ2) is 3.39. The fourth-order valence-electron chi connectivity index (χ4n) is 1.67. The van der Waals surface area contributed by atoms with E-state index < -0.39 is 26.6 Å². The van der Waals surface area contributed by atoms with Crippen LogP contribution >= 0.6 is 0 Å². The molecular formula is C10H7O6S-. The third kappa shape index (κ3) is 1.55. The molecule has 0 saturated carbocycles. The largest absolute Gasteiger partial charge is 0.745 e. The van der Waals surface area contributed by atoms with Crippen LogP contribution in [-0.4, -0.2) is 29.0 Å². The highest BCUT2D eigenvalue weighted by Crippen LogP contribution is 2.36. The lowest BCUT2D eigenvalue weighted by atomic mass is 9.92. The van der Waals surface area contributed by atoms with Crippen LogP contribution in [0.1, 0.15) is 15.9 Å². The van der Waals surface area contributed by atoms with E-state index in [0.29, 0.717) is 6.08 Å². The summed E-state index contributed by atoms with van der Waals surface area (Å²) in [5, 5.41) is 19.1. The quantitative estimate of drug-likeness (QED) is 0.683. The summed E-state index contributed by atoms with van der Waals surface area (Å²) in [6.07, 6.45) is 0.347. The van der Waals surface area contributed by atoms with Crippen molar-refractivity contribution in [3.63, 3.8) is 0 Å². The number of rotatable bonds is 1. The summed E-state index contributed by atoms with van der Waals surface area (Å²) in [6, 6.07) is 5.16. The third-order valence-electron chi connectivity index (χ3n) is 2.50. The SMILES string of the molecule is O=C1C(O)=CC(O)(S(=O)(=O)[O-])c2ccccc21. The zero-order chi connectivity index (χ0) is 12.8. The molecule has 0 amide bonds. The summed E-state index contributed by atoms with van der Waals surface area (Å²) in [6.45, 7) is 0. The third-order valence-corrected chi connectivity index (χ3v) is 3.60. The molecule has 0 fully saturated rings. The average molecular weight is 255 g/mol. The Labute approximate surface area is 96.6 Å². The maximum Gasteiger partial charge on any atom is 0.227 e. The number of fused-ring (bicyclic) bond motifs is 1. The van der Waals surface area contributed by atoms with Gasteiger partial charge in [-0.1, -0.05) is 24.3 Å². The van der Waals surface area contributed by atoms with Gasteiger partial charge in [0.25, 0.3) is 0 Å². The van der Waals surface area contributed by atoms with Gasteiger partial charge in [0.2, 0.25) is 10.7 Å². The second-order valence-electron chi connectivity index (χ2n) is 3.55. The first-order valence-electron chi connectivity index (χ1n) is 4.51. The van der Waals surface area contributed by atoms with Gasteiger partial charge in [-0.05, 0) is 0 Å². The van der Waals surface area contributed by atoms with E-state index >= 15 is 0 Å². The Morgan fingerprint density at radius 2 is 1.82 bits per heavy atom. The smallest absolute Gasteiger partial charge is 0.227 e. The first kappa shape index (κ1) is 11.8. The molecule has 0 spiro atoms. The molecule has 17 heavy (non-hydrogen) atoms. The maximum absolute atomic E-state index is 11.5. The fraction of sp³-hybridized carbons (Fsp3) is 0.100. The Balaban J connectivity index is 2.84. The zero-order valence-corrected chi connectivity index (χ0v) is 9.14. The molecule has 1 aliphatic rings.